The second-order valence-corrected chi connectivity index (χ2v) is 6.08. The zero-order chi connectivity index (χ0) is 16.1. The molecule has 0 saturated carbocycles. The first-order valence-electron chi connectivity index (χ1n) is 7.27. The molecule has 0 radical (unpaired) electrons. The molecule has 23 heavy (non-hydrogen) atoms. The van der Waals surface area contributed by atoms with Crippen molar-refractivity contribution in [2.24, 2.45) is 0 Å². The topological polar surface area (TPSA) is 49.6 Å². The summed E-state index contributed by atoms with van der Waals surface area (Å²) in [5.41, 5.74) is 4.99. The van der Waals surface area contributed by atoms with Crippen LogP contribution in [-0.2, 0) is 5.75 Å². The Morgan fingerprint density at radius 3 is 2.57 bits per heavy atom. The first-order chi connectivity index (χ1) is 11.3. The molecule has 0 saturated heterocycles. The van der Waals surface area contributed by atoms with Gasteiger partial charge in [-0.3, -0.25) is 4.98 Å². The van der Waals surface area contributed by atoms with Gasteiger partial charge in [-0.05, 0) is 42.3 Å². The first kappa shape index (κ1) is 15.3. The van der Waals surface area contributed by atoms with Crippen LogP contribution in [0.15, 0.2) is 66.0 Å². The number of thioether (sulfide) groups is 1. The van der Waals surface area contributed by atoms with Crippen LogP contribution >= 0.6 is 11.8 Å². The van der Waals surface area contributed by atoms with Crippen LogP contribution in [0.5, 0.6) is 0 Å². The fourth-order valence-corrected chi connectivity index (χ4v) is 3.29. The van der Waals surface area contributed by atoms with Crippen LogP contribution in [-0.4, -0.2) is 9.97 Å². The Kier molecular flexibility index (Phi) is 4.70. The molecule has 0 bridgehead atoms. The Hall–Kier alpha value is -2.64. The van der Waals surface area contributed by atoms with Crippen LogP contribution in [0.1, 0.15) is 16.7 Å². The molecule has 2 aromatic heterocycles. The number of nitrogens with zero attached hydrogens (tertiary/aromatic N) is 3. The maximum atomic E-state index is 9.32. The smallest absolute Gasteiger partial charge is 0.115 e. The molecule has 1 aromatic carbocycles. The summed E-state index contributed by atoms with van der Waals surface area (Å²) in [5, 5.41) is 10.1. The molecule has 0 aliphatic rings. The van der Waals surface area contributed by atoms with Gasteiger partial charge in [-0.1, -0.05) is 24.3 Å². The lowest BCUT2D eigenvalue weighted by atomic mass is 10.1. The fraction of sp³-hybridized carbons (Fsp3) is 0.105. The number of benzene rings is 1. The number of aromatic nitrogens is 2. The summed E-state index contributed by atoms with van der Waals surface area (Å²) in [4.78, 5) is 8.70. The number of hydrogen-bond donors (Lipinski definition) is 0. The minimum Gasteiger partial charge on any atom is -0.265 e. The van der Waals surface area contributed by atoms with Gasteiger partial charge in [0.1, 0.15) is 11.1 Å². The molecule has 0 aliphatic heterocycles. The second kappa shape index (κ2) is 7.08. The number of hydrogen-bond acceptors (Lipinski definition) is 4. The molecule has 0 amide bonds. The highest BCUT2D eigenvalue weighted by molar-refractivity contribution is 7.98. The lowest BCUT2D eigenvalue weighted by Crippen LogP contribution is -1.93. The van der Waals surface area contributed by atoms with E-state index < -0.39 is 0 Å². The molecule has 0 unspecified atom stereocenters. The third kappa shape index (κ3) is 3.58. The van der Waals surface area contributed by atoms with Crippen LogP contribution in [0, 0.1) is 18.3 Å². The van der Waals surface area contributed by atoms with Gasteiger partial charge in [0.25, 0.3) is 0 Å². The van der Waals surface area contributed by atoms with Gasteiger partial charge < -0.3 is 0 Å². The molecule has 0 spiro atoms. The molecule has 0 aliphatic carbocycles. The lowest BCUT2D eigenvalue weighted by molar-refractivity contribution is 1.11. The van der Waals surface area contributed by atoms with Crippen LogP contribution in [0.4, 0.5) is 0 Å². The second-order valence-electron chi connectivity index (χ2n) is 5.11. The molecule has 0 fully saturated rings. The van der Waals surface area contributed by atoms with Crippen LogP contribution in [0.2, 0.25) is 0 Å². The number of aryl methyl sites for hydroxylation is 1. The van der Waals surface area contributed by atoms with Crippen molar-refractivity contribution in [3.63, 3.8) is 0 Å². The maximum Gasteiger partial charge on any atom is 0.115 e. The van der Waals surface area contributed by atoms with E-state index in [-0.39, 0.29) is 0 Å². The molecule has 3 rings (SSSR count). The molecular formula is C19H15N3S. The number of pyridine rings is 2. The largest absolute Gasteiger partial charge is 0.265 e. The van der Waals surface area contributed by atoms with E-state index in [1.165, 1.54) is 11.1 Å². The molecule has 0 atom stereocenters. The number of rotatable bonds is 4. The summed E-state index contributed by atoms with van der Waals surface area (Å²) >= 11 is 1.60. The Bertz CT molecular complexity index is 854. The van der Waals surface area contributed by atoms with Crippen molar-refractivity contribution in [1.82, 2.24) is 9.97 Å². The number of nitriles is 1. The van der Waals surface area contributed by atoms with Crippen LogP contribution in [0.25, 0.3) is 11.3 Å². The molecule has 2 heterocycles. The average molecular weight is 317 g/mol. The van der Waals surface area contributed by atoms with Gasteiger partial charge in [0.05, 0.1) is 11.3 Å². The maximum absolute atomic E-state index is 9.32. The summed E-state index contributed by atoms with van der Waals surface area (Å²) in [6, 6.07) is 18.1. The normalized spacial score (nSPS) is 10.3. The summed E-state index contributed by atoms with van der Waals surface area (Å²) in [7, 11) is 0. The van der Waals surface area contributed by atoms with E-state index in [1.807, 2.05) is 36.4 Å². The zero-order valence-electron chi connectivity index (χ0n) is 12.7. The van der Waals surface area contributed by atoms with E-state index in [0.717, 1.165) is 22.0 Å². The standard InChI is InChI=1S/C19H15N3S/c1-14-4-2-3-5-17(14)13-23-19-16(12-20)6-7-18(22-19)15-8-10-21-11-9-15/h2-11H,13H2,1H3. The van der Waals surface area contributed by atoms with Crippen molar-refractivity contribution in [1.29, 1.82) is 5.26 Å². The van der Waals surface area contributed by atoms with Crippen LogP contribution < -0.4 is 0 Å². The van der Waals surface area contributed by atoms with Crippen molar-refractivity contribution in [3.8, 4) is 17.3 Å². The van der Waals surface area contributed by atoms with Gasteiger partial charge >= 0.3 is 0 Å². The van der Waals surface area contributed by atoms with Crippen molar-refractivity contribution < 1.29 is 0 Å². The van der Waals surface area contributed by atoms with Gasteiger partial charge in [0, 0.05) is 23.7 Å². The molecule has 3 aromatic rings. The molecule has 0 N–H and O–H groups in total. The highest BCUT2D eigenvalue weighted by atomic mass is 32.2. The van der Waals surface area contributed by atoms with Crippen molar-refractivity contribution in [2.45, 2.75) is 17.7 Å². The summed E-state index contributed by atoms with van der Waals surface area (Å²) < 4.78 is 0. The van der Waals surface area contributed by atoms with Gasteiger partial charge in [-0.15, -0.1) is 11.8 Å². The minimum atomic E-state index is 0.612. The molecule has 3 nitrogen and oxygen atoms in total. The van der Waals surface area contributed by atoms with Gasteiger partial charge in [0.15, 0.2) is 0 Å². The van der Waals surface area contributed by atoms with Crippen molar-refractivity contribution in [3.05, 3.63) is 77.6 Å². The monoisotopic (exact) mass is 317 g/mol. The predicted molar refractivity (Wildman–Crippen MR) is 92.9 cm³/mol. The van der Waals surface area contributed by atoms with Gasteiger partial charge in [-0.25, -0.2) is 4.98 Å². The van der Waals surface area contributed by atoms with E-state index in [9.17, 15) is 5.26 Å². The Balaban J connectivity index is 1.89. The fourth-order valence-electron chi connectivity index (χ4n) is 2.24. The van der Waals surface area contributed by atoms with Crippen molar-refractivity contribution in [2.75, 3.05) is 0 Å². The summed E-state index contributed by atoms with van der Waals surface area (Å²) in [5.74, 6) is 0.800. The van der Waals surface area contributed by atoms with E-state index in [0.29, 0.717) is 5.56 Å². The molecule has 112 valence electrons. The van der Waals surface area contributed by atoms with E-state index in [4.69, 9.17) is 0 Å². The average Bonchev–Trinajstić information content (AvgIpc) is 2.61. The Morgan fingerprint density at radius 2 is 1.83 bits per heavy atom. The Morgan fingerprint density at radius 1 is 1.04 bits per heavy atom. The third-order valence-electron chi connectivity index (χ3n) is 3.58. The highest BCUT2D eigenvalue weighted by Gasteiger charge is 2.09. The Labute approximate surface area is 140 Å². The summed E-state index contributed by atoms with van der Waals surface area (Å²) in [6.07, 6.45) is 3.49. The van der Waals surface area contributed by atoms with E-state index in [2.05, 4.69) is 35.1 Å². The van der Waals surface area contributed by atoms with E-state index in [1.54, 1.807) is 24.2 Å². The van der Waals surface area contributed by atoms with Crippen molar-refractivity contribution >= 4 is 11.8 Å². The molecular weight excluding hydrogens is 302 g/mol. The van der Waals surface area contributed by atoms with Crippen LogP contribution in [0.3, 0.4) is 0 Å². The minimum absolute atomic E-state index is 0.612. The lowest BCUT2D eigenvalue weighted by Gasteiger charge is -2.08. The predicted octanol–water partition coefficient (Wildman–Crippen LogP) is 4.62. The van der Waals surface area contributed by atoms with Gasteiger partial charge in [0.2, 0.25) is 0 Å². The third-order valence-corrected chi connectivity index (χ3v) is 4.62. The SMILES string of the molecule is Cc1ccccc1CSc1nc(-c2ccncc2)ccc1C#N. The molecule has 4 heteroatoms. The highest BCUT2D eigenvalue weighted by Crippen LogP contribution is 2.28. The summed E-state index contributed by atoms with van der Waals surface area (Å²) in [6.45, 7) is 2.10. The van der Waals surface area contributed by atoms with E-state index >= 15 is 0 Å². The zero-order valence-corrected chi connectivity index (χ0v) is 13.5. The van der Waals surface area contributed by atoms with Gasteiger partial charge in [-0.2, -0.15) is 5.26 Å². The first-order valence-corrected chi connectivity index (χ1v) is 8.25. The quantitative estimate of drug-likeness (QED) is 0.659.